The van der Waals surface area contributed by atoms with Crippen LogP contribution in [0.25, 0.3) is 0 Å². The summed E-state index contributed by atoms with van der Waals surface area (Å²) < 4.78 is 16.5. The van der Waals surface area contributed by atoms with Crippen LogP contribution in [0.4, 0.5) is 34.1 Å². The summed E-state index contributed by atoms with van der Waals surface area (Å²) in [6.07, 6.45) is 13.2. The number of phenolic OH excluding ortho intramolecular Hbond substituents is 3. The van der Waals surface area contributed by atoms with Crippen LogP contribution in [0.2, 0.25) is 0 Å². The molecule has 0 atom stereocenters. The molecule has 7 aromatic rings. The van der Waals surface area contributed by atoms with Gasteiger partial charge in [-0.1, -0.05) is 20.8 Å². The van der Waals surface area contributed by atoms with Gasteiger partial charge in [-0.05, 0) is 128 Å². The highest BCUT2D eigenvalue weighted by Crippen LogP contribution is 2.25. The van der Waals surface area contributed by atoms with Crippen molar-refractivity contribution in [1.82, 2.24) is 15.0 Å². The zero-order valence-electron chi connectivity index (χ0n) is 35.4. The van der Waals surface area contributed by atoms with Crippen LogP contribution in [0.3, 0.4) is 0 Å². The van der Waals surface area contributed by atoms with E-state index in [0.717, 1.165) is 109 Å². The molecule has 3 heterocycles. The number of phenols is 3. The average molecular weight is 850 g/mol. The number of pyridine rings is 3. The van der Waals surface area contributed by atoms with Crippen LogP contribution in [0, 0.1) is 0 Å². The fraction of sp³-hybridized carbons (Fsp3) is 0.188. The van der Waals surface area contributed by atoms with Crippen molar-refractivity contribution in [3.8, 4) is 34.5 Å². The van der Waals surface area contributed by atoms with Crippen molar-refractivity contribution in [2.75, 3.05) is 19.8 Å². The Hall–Kier alpha value is -8.07. The van der Waals surface area contributed by atoms with Crippen molar-refractivity contribution in [2.45, 2.75) is 40.0 Å². The highest BCUT2D eigenvalue weighted by molar-refractivity contribution is 5.44. The molecule has 3 aromatic heterocycles. The van der Waals surface area contributed by atoms with E-state index in [1.807, 2.05) is 109 Å². The second-order valence-corrected chi connectivity index (χ2v) is 13.0. The van der Waals surface area contributed by atoms with Gasteiger partial charge in [0.1, 0.15) is 34.5 Å². The molecule has 0 aliphatic rings. The fourth-order valence-corrected chi connectivity index (χ4v) is 4.64. The molecule has 7 rings (SSSR count). The molecule has 0 saturated heterocycles. The summed E-state index contributed by atoms with van der Waals surface area (Å²) in [7, 11) is 0. The van der Waals surface area contributed by atoms with Gasteiger partial charge in [0.15, 0.2) is 0 Å². The van der Waals surface area contributed by atoms with Crippen LogP contribution in [-0.2, 0) is 0 Å². The molecule has 0 spiro atoms. The number of benzene rings is 4. The molecule has 3 N–H and O–H groups in total. The van der Waals surface area contributed by atoms with E-state index in [4.69, 9.17) is 29.5 Å². The number of nitrogens with zero attached hydrogens (tertiary/aromatic N) is 9. The Morgan fingerprint density at radius 2 is 0.540 bits per heavy atom. The number of ether oxygens (including phenoxy) is 3. The first-order chi connectivity index (χ1) is 30.8. The summed E-state index contributed by atoms with van der Waals surface area (Å²) in [5.41, 5.74) is 4.77. The number of azo groups is 3. The topological polar surface area (TPSA) is 201 Å². The molecule has 15 heteroatoms. The Balaban J connectivity index is 0.000000189. The van der Waals surface area contributed by atoms with Gasteiger partial charge in [0.2, 0.25) is 0 Å². The number of hydrogen-bond donors (Lipinski definition) is 3. The molecule has 0 radical (unpaired) electrons. The lowest BCUT2D eigenvalue weighted by atomic mass is 10.3. The lowest BCUT2D eigenvalue weighted by Crippen LogP contribution is -1.93. The molecule has 4 aromatic carbocycles. The molecule has 0 saturated carbocycles. The van der Waals surface area contributed by atoms with Gasteiger partial charge < -0.3 is 29.5 Å². The molecule has 0 fully saturated rings. The minimum Gasteiger partial charge on any atom is -0.508 e. The highest BCUT2D eigenvalue weighted by Gasteiger charge is 1.98. The third-order valence-corrected chi connectivity index (χ3v) is 7.65. The first kappa shape index (κ1) is 47.6. The summed E-state index contributed by atoms with van der Waals surface area (Å²) in [6, 6.07) is 37.0. The summed E-state index contributed by atoms with van der Waals surface area (Å²) >= 11 is 0. The van der Waals surface area contributed by atoms with Crippen molar-refractivity contribution < 1.29 is 29.5 Å². The minimum absolute atomic E-state index is 0.146. The van der Waals surface area contributed by atoms with Crippen LogP contribution >= 0.6 is 0 Å². The fourth-order valence-electron chi connectivity index (χ4n) is 4.64. The van der Waals surface area contributed by atoms with Gasteiger partial charge in [0, 0.05) is 55.4 Å². The van der Waals surface area contributed by atoms with Crippen LogP contribution in [0.1, 0.15) is 40.0 Å². The van der Waals surface area contributed by atoms with E-state index in [1.165, 1.54) is 0 Å². The van der Waals surface area contributed by atoms with Gasteiger partial charge >= 0.3 is 0 Å². The first-order valence-electron chi connectivity index (χ1n) is 20.2. The van der Waals surface area contributed by atoms with E-state index in [1.54, 1.807) is 37.2 Å². The maximum atomic E-state index is 8.67. The highest BCUT2D eigenvalue weighted by atomic mass is 16.5. The summed E-state index contributed by atoms with van der Waals surface area (Å²) in [5, 5.41) is 50.8. The van der Waals surface area contributed by atoms with E-state index in [9.17, 15) is 0 Å². The average Bonchev–Trinajstić information content (AvgIpc) is 3.32. The number of hydrogen-bond acceptors (Lipinski definition) is 15. The molecule has 0 aliphatic heterocycles. The Labute approximate surface area is 367 Å². The summed E-state index contributed by atoms with van der Waals surface area (Å²) in [5.74, 6) is 2.15. The van der Waals surface area contributed by atoms with E-state index in [0.29, 0.717) is 0 Å². The van der Waals surface area contributed by atoms with Crippen molar-refractivity contribution >= 4 is 34.1 Å². The van der Waals surface area contributed by atoms with Gasteiger partial charge in [0.05, 0.1) is 53.9 Å². The number of aromatic nitrogens is 3. The predicted octanol–water partition coefficient (Wildman–Crippen LogP) is 13.7. The normalized spacial score (nSPS) is 10.5. The maximum absolute atomic E-state index is 8.67. The Morgan fingerprint density at radius 1 is 0.333 bits per heavy atom. The van der Waals surface area contributed by atoms with Gasteiger partial charge in [0.25, 0.3) is 0 Å². The van der Waals surface area contributed by atoms with Crippen molar-refractivity contribution in [2.24, 2.45) is 30.7 Å². The number of rotatable bonds is 15. The van der Waals surface area contributed by atoms with E-state index in [2.05, 4.69) is 66.4 Å². The molecule has 63 heavy (non-hydrogen) atoms. The Morgan fingerprint density at radius 3 is 0.746 bits per heavy atom. The van der Waals surface area contributed by atoms with E-state index in [-0.39, 0.29) is 17.2 Å². The molecule has 324 valence electrons. The first-order valence-corrected chi connectivity index (χ1v) is 20.2. The largest absolute Gasteiger partial charge is 0.508 e. The SMILES string of the molecule is CCCOc1ccc(N=Nc2ccncc2)cc1.CCCOc1ccc(N=Nc2ccncc2)cc1.CCCOc1ccc(N=Nc2ccncc2)cc1.Oc1cc(O)cc(O)c1. The lowest BCUT2D eigenvalue weighted by Gasteiger charge is -2.03. The van der Waals surface area contributed by atoms with Gasteiger partial charge in [-0.15, -0.1) is 0 Å². The summed E-state index contributed by atoms with van der Waals surface area (Å²) in [4.78, 5) is 11.8. The molecule has 0 aliphatic carbocycles. The number of aromatic hydroxyl groups is 3. The minimum atomic E-state index is -0.146. The Bertz CT molecular complexity index is 2090. The zero-order chi connectivity index (χ0) is 44.7. The van der Waals surface area contributed by atoms with Crippen LogP contribution < -0.4 is 14.2 Å². The van der Waals surface area contributed by atoms with Gasteiger partial charge in [-0.25, -0.2) is 0 Å². The molecule has 0 bridgehead atoms. The smallest absolute Gasteiger partial charge is 0.122 e. The zero-order valence-corrected chi connectivity index (χ0v) is 35.4. The third kappa shape index (κ3) is 20.2. The molecular weight excluding hydrogens is 799 g/mol. The van der Waals surface area contributed by atoms with Crippen LogP contribution in [-0.4, -0.2) is 50.1 Å². The molecule has 15 nitrogen and oxygen atoms in total. The van der Waals surface area contributed by atoms with E-state index < -0.39 is 0 Å². The van der Waals surface area contributed by atoms with Crippen molar-refractivity contribution in [3.05, 3.63) is 165 Å². The van der Waals surface area contributed by atoms with Crippen LogP contribution in [0.15, 0.2) is 195 Å². The quantitative estimate of drug-likeness (QED) is 0.0839. The molecule has 0 amide bonds. The molecule has 0 unspecified atom stereocenters. The van der Waals surface area contributed by atoms with Crippen molar-refractivity contribution in [1.29, 1.82) is 0 Å². The van der Waals surface area contributed by atoms with Crippen molar-refractivity contribution in [3.63, 3.8) is 0 Å². The summed E-state index contributed by atoms with van der Waals surface area (Å²) in [6.45, 7) is 8.44. The van der Waals surface area contributed by atoms with Gasteiger partial charge in [-0.2, -0.15) is 30.7 Å². The van der Waals surface area contributed by atoms with Gasteiger partial charge in [-0.3, -0.25) is 15.0 Å². The maximum Gasteiger partial charge on any atom is 0.122 e. The Kier molecular flexibility index (Phi) is 21.5. The standard InChI is InChI=1S/3C14H15N3O.C6H6O3/c3*1-2-11-18-14-5-3-12(4-6-14)16-17-13-7-9-15-10-8-13;7-4-1-5(8)3-6(9)2-4/h3*3-10H,2,11H2,1H3;1-3,7-9H. The third-order valence-electron chi connectivity index (χ3n) is 7.65. The monoisotopic (exact) mass is 849 g/mol. The molecular formula is C48H51N9O6. The van der Waals surface area contributed by atoms with E-state index >= 15 is 0 Å². The second-order valence-electron chi connectivity index (χ2n) is 13.0. The predicted molar refractivity (Wildman–Crippen MR) is 243 cm³/mol. The van der Waals surface area contributed by atoms with Crippen LogP contribution in [0.5, 0.6) is 34.5 Å². The lowest BCUT2D eigenvalue weighted by molar-refractivity contribution is 0.317. The second kappa shape index (κ2) is 28.4.